The summed E-state index contributed by atoms with van der Waals surface area (Å²) in [6.07, 6.45) is 5.00. The predicted octanol–water partition coefficient (Wildman–Crippen LogP) is 5.22. The van der Waals surface area contributed by atoms with Gasteiger partial charge >= 0.3 is 6.09 Å². The molecule has 0 saturated carbocycles. The molecule has 2 heterocycles. The predicted molar refractivity (Wildman–Crippen MR) is 112 cm³/mol. The monoisotopic (exact) mass is 385 g/mol. The van der Waals surface area contributed by atoms with Crippen LogP contribution < -0.4 is 5.32 Å². The molecule has 2 aromatic heterocycles. The van der Waals surface area contributed by atoms with Crippen molar-refractivity contribution in [2.45, 2.75) is 6.42 Å². The third kappa shape index (κ3) is 4.16. The Labute approximate surface area is 167 Å². The molecule has 0 bridgehead atoms. The maximum absolute atomic E-state index is 12.0. The summed E-state index contributed by atoms with van der Waals surface area (Å²) in [6, 6.07) is 17.9. The summed E-state index contributed by atoms with van der Waals surface area (Å²) < 4.78 is 10.5. The minimum absolute atomic E-state index is 0.111. The lowest BCUT2D eigenvalue weighted by Gasteiger charge is -2.07. The lowest BCUT2D eigenvalue weighted by molar-refractivity contribution is 0.173. The Balaban J connectivity index is 1.73. The third-order valence-corrected chi connectivity index (χ3v) is 4.47. The fourth-order valence-corrected chi connectivity index (χ4v) is 3.09. The maximum Gasteiger partial charge on any atom is 0.414 e. The molecule has 6 nitrogen and oxygen atoms in total. The second-order valence-electron chi connectivity index (χ2n) is 6.45. The summed E-state index contributed by atoms with van der Waals surface area (Å²) >= 11 is 0. The molecular formula is C23H19N3O3. The maximum atomic E-state index is 12.0. The van der Waals surface area contributed by atoms with Crippen molar-refractivity contribution in [3.63, 3.8) is 0 Å². The van der Waals surface area contributed by atoms with Crippen LogP contribution in [0.3, 0.4) is 0 Å². The Bertz CT molecular complexity index is 1150. The first-order chi connectivity index (χ1) is 14.2. The van der Waals surface area contributed by atoms with Gasteiger partial charge in [0.25, 0.3) is 0 Å². The van der Waals surface area contributed by atoms with Gasteiger partial charge in [0.05, 0.1) is 0 Å². The lowest BCUT2D eigenvalue weighted by Crippen LogP contribution is -2.14. The molecule has 29 heavy (non-hydrogen) atoms. The quantitative estimate of drug-likeness (QED) is 0.461. The second kappa shape index (κ2) is 8.39. The van der Waals surface area contributed by atoms with Gasteiger partial charge in [0.15, 0.2) is 0 Å². The highest BCUT2D eigenvalue weighted by Crippen LogP contribution is 2.32. The lowest BCUT2D eigenvalue weighted by atomic mass is 9.99. The van der Waals surface area contributed by atoms with E-state index in [1.54, 1.807) is 6.20 Å². The molecule has 0 unspecified atom stereocenters. The zero-order valence-corrected chi connectivity index (χ0v) is 15.7. The summed E-state index contributed by atoms with van der Waals surface area (Å²) in [4.78, 5) is 16.2. The van der Waals surface area contributed by atoms with Gasteiger partial charge in [0.1, 0.15) is 12.3 Å². The second-order valence-corrected chi connectivity index (χ2v) is 6.45. The third-order valence-electron chi connectivity index (χ3n) is 4.47. The molecular weight excluding hydrogens is 366 g/mol. The van der Waals surface area contributed by atoms with Crippen LogP contribution in [0.25, 0.3) is 22.0 Å². The van der Waals surface area contributed by atoms with Gasteiger partial charge in [0.2, 0.25) is 5.88 Å². The molecule has 6 heteroatoms. The Morgan fingerprint density at radius 1 is 1.14 bits per heavy atom. The molecule has 0 atom stereocenters. The van der Waals surface area contributed by atoms with Gasteiger partial charge in [0, 0.05) is 35.3 Å². The number of rotatable bonds is 6. The van der Waals surface area contributed by atoms with Crippen LogP contribution >= 0.6 is 0 Å². The van der Waals surface area contributed by atoms with Crippen molar-refractivity contribution >= 4 is 22.7 Å². The van der Waals surface area contributed by atoms with E-state index in [-0.39, 0.29) is 12.5 Å². The number of fused-ring (bicyclic) bond motifs is 1. The number of ether oxygens (including phenoxy) is 1. The van der Waals surface area contributed by atoms with Gasteiger partial charge in [-0.2, -0.15) is 0 Å². The summed E-state index contributed by atoms with van der Waals surface area (Å²) in [5.41, 5.74) is 3.42. The van der Waals surface area contributed by atoms with Gasteiger partial charge in [-0.25, -0.2) is 4.79 Å². The minimum Gasteiger partial charge on any atom is -0.445 e. The topological polar surface area (TPSA) is 77.2 Å². The first-order valence-corrected chi connectivity index (χ1v) is 9.16. The van der Waals surface area contributed by atoms with Crippen molar-refractivity contribution in [2.75, 3.05) is 11.9 Å². The molecule has 4 rings (SSSR count). The molecule has 0 fully saturated rings. The van der Waals surface area contributed by atoms with Gasteiger partial charge in [-0.3, -0.25) is 10.3 Å². The normalized spacial score (nSPS) is 10.6. The Morgan fingerprint density at radius 3 is 2.83 bits per heavy atom. The van der Waals surface area contributed by atoms with Crippen molar-refractivity contribution in [2.24, 2.45) is 0 Å². The number of hydrogen-bond acceptors (Lipinski definition) is 5. The highest BCUT2D eigenvalue weighted by Gasteiger charge is 2.20. The van der Waals surface area contributed by atoms with Crippen LogP contribution in [-0.2, 0) is 11.2 Å². The van der Waals surface area contributed by atoms with Crippen LogP contribution in [0.2, 0.25) is 0 Å². The van der Waals surface area contributed by atoms with E-state index >= 15 is 0 Å². The zero-order valence-electron chi connectivity index (χ0n) is 15.7. The summed E-state index contributed by atoms with van der Waals surface area (Å²) in [7, 11) is 0. The standard InChI is InChI=1S/C23H19N3O3/c1-2-12-28-23(27)25-22-20(13-16-6-4-3-5-7-16)21(26-29-22)18-8-9-19-15-24-11-10-17(19)14-18/h2-11,14-15H,1,12-13H2,(H,25,27). The van der Waals surface area contributed by atoms with E-state index in [2.05, 4.69) is 22.0 Å². The molecule has 1 N–H and O–H groups in total. The number of amides is 1. The molecule has 2 aromatic carbocycles. The van der Waals surface area contributed by atoms with Crippen LogP contribution in [0, 0.1) is 0 Å². The van der Waals surface area contributed by atoms with Gasteiger partial charge in [-0.15, -0.1) is 0 Å². The van der Waals surface area contributed by atoms with E-state index in [1.807, 2.05) is 60.8 Å². The number of anilines is 1. The summed E-state index contributed by atoms with van der Waals surface area (Å²) in [5.74, 6) is 0.271. The average molecular weight is 385 g/mol. The van der Waals surface area contributed by atoms with E-state index in [0.29, 0.717) is 12.1 Å². The molecule has 0 aliphatic rings. The molecule has 0 aliphatic carbocycles. The number of hydrogen-bond donors (Lipinski definition) is 1. The first-order valence-electron chi connectivity index (χ1n) is 9.16. The molecule has 0 aliphatic heterocycles. The van der Waals surface area contributed by atoms with Crippen molar-refractivity contribution in [3.8, 4) is 11.3 Å². The molecule has 0 saturated heterocycles. The SMILES string of the molecule is C=CCOC(=O)Nc1onc(-c2ccc3cnccc3c2)c1Cc1ccccc1. The number of nitrogens with one attached hydrogen (secondary N) is 1. The van der Waals surface area contributed by atoms with Crippen molar-refractivity contribution in [3.05, 3.63) is 90.8 Å². The van der Waals surface area contributed by atoms with E-state index in [9.17, 15) is 4.79 Å². The fraction of sp³-hybridized carbons (Fsp3) is 0.0870. The van der Waals surface area contributed by atoms with Gasteiger partial charge in [-0.05, 0) is 23.1 Å². The summed E-state index contributed by atoms with van der Waals surface area (Å²) in [6.45, 7) is 3.65. The van der Waals surface area contributed by atoms with Crippen LogP contribution in [0.15, 0.2) is 84.2 Å². The number of carbonyl (C=O) groups is 1. The minimum atomic E-state index is -0.619. The van der Waals surface area contributed by atoms with Gasteiger partial charge in [-0.1, -0.05) is 60.3 Å². The number of benzene rings is 2. The summed E-state index contributed by atoms with van der Waals surface area (Å²) in [5, 5.41) is 8.97. The first kappa shape index (κ1) is 18.4. The number of pyridine rings is 1. The number of aromatic nitrogens is 2. The smallest absolute Gasteiger partial charge is 0.414 e. The van der Waals surface area contributed by atoms with Crippen molar-refractivity contribution < 1.29 is 14.1 Å². The molecule has 1 amide bonds. The zero-order chi connectivity index (χ0) is 20.1. The van der Waals surface area contributed by atoms with E-state index in [0.717, 1.165) is 27.5 Å². The number of carbonyl (C=O) groups excluding carboxylic acids is 1. The molecule has 0 radical (unpaired) electrons. The Kier molecular flexibility index (Phi) is 5.33. The largest absolute Gasteiger partial charge is 0.445 e. The van der Waals surface area contributed by atoms with E-state index < -0.39 is 6.09 Å². The van der Waals surface area contributed by atoms with Crippen LogP contribution in [0.1, 0.15) is 11.1 Å². The van der Waals surface area contributed by atoms with Crippen molar-refractivity contribution in [1.82, 2.24) is 10.1 Å². The van der Waals surface area contributed by atoms with Crippen LogP contribution in [0.5, 0.6) is 0 Å². The highest BCUT2D eigenvalue weighted by atomic mass is 16.6. The molecule has 0 spiro atoms. The molecule has 144 valence electrons. The Hall–Kier alpha value is -3.93. The van der Waals surface area contributed by atoms with Crippen molar-refractivity contribution in [1.29, 1.82) is 0 Å². The fourth-order valence-electron chi connectivity index (χ4n) is 3.09. The van der Waals surface area contributed by atoms with Crippen LogP contribution in [0.4, 0.5) is 10.7 Å². The number of nitrogens with zero attached hydrogens (tertiary/aromatic N) is 2. The average Bonchev–Trinajstić information content (AvgIpc) is 3.14. The van der Waals surface area contributed by atoms with E-state index in [1.165, 1.54) is 6.08 Å². The Morgan fingerprint density at radius 2 is 2.00 bits per heavy atom. The highest BCUT2D eigenvalue weighted by molar-refractivity contribution is 5.89. The van der Waals surface area contributed by atoms with Gasteiger partial charge < -0.3 is 9.26 Å². The van der Waals surface area contributed by atoms with E-state index in [4.69, 9.17) is 9.26 Å². The van der Waals surface area contributed by atoms with Crippen LogP contribution in [-0.4, -0.2) is 22.8 Å². The molecule has 4 aromatic rings.